The minimum absolute atomic E-state index is 0.512. The Labute approximate surface area is 171 Å². The number of pyridine rings is 1. The first-order valence-corrected chi connectivity index (χ1v) is 10.8. The highest BCUT2D eigenvalue weighted by atomic mass is 32.1. The number of benzene rings is 1. The average molecular weight is 394 g/mol. The van der Waals surface area contributed by atoms with Crippen molar-refractivity contribution >= 4 is 11.3 Å². The predicted octanol–water partition coefficient (Wildman–Crippen LogP) is 4.79. The van der Waals surface area contributed by atoms with Gasteiger partial charge in [0.2, 0.25) is 5.88 Å². The van der Waals surface area contributed by atoms with Gasteiger partial charge < -0.3 is 4.74 Å². The van der Waals surface area contributed by atoms with E-state index in [0.717, 1.165) is 31.9 Å². The number of thiazole rings is 1. The summed E-state index contributed by atoms with van der Waals surface area (Å²) in [5.41, 5.74) is 2.58. The molecule has 0 amide bonds. The molecule has 1 aromatic carbocycles. The van der Waals surface area contributed by atoms with Crippen molar-refractivity contribution in [3.63, 3.8) is 0 Å². The van der Waals surface area contributed by atoms with Gasteiger partial charge in [-0.1, -0.05) is 36.4 Å². The molecule has 1 unspecified atom stereocenters. The van der Waals surface area contributed by atoms with E-state index in [-0.39, 0.29) is 0 Å². The van der Waals surface area contributed by atoms with E-state index in [2.05, 4.69) is 56.6 Å². The number of nitrogens with zero attached hydrogens (tertiary/aromatic N) is 3. The highest BCUT2D eigenvalue weighted by Crippen LogP contribution is 2.36. The Morgan fingerprint density at radius 3 is 2.61 bits per heavy atom. The molecular weight excluding hydrogens is 366 g/mol. The first-order chi connectivity index (χ1) is 13.8. The zero-order valence-corrected chi connectivity index (χ0v) is 17.1. The van der Waals surface area contributed by atoms with Crippen LogP contribution in [0.5, 0.6) is 5.88 Å². The van der Waals surface area contributed by atoms with Crippen LogP contribution in [0.1, 0.15) is 34.9 Å². The molecule has 1 aliphatic heterocycles. The van der Waals surface area contributed by atoms with Gasteiger partial charge in [-0.15, -0.1) is 11.3 Å². The largest absolute Gasteiger partial charge is 0.481 e. The molecule has 4 rings (SSSR count). The Balaban J connectivity index is 1.41. The lowest BCUT2D eigenvalue weighted by atomic mass is 9.81. The maximum Gasteiger partial charge on any atom is 0.217 e. The number of rotatable bonds is 7. The molecule has 1 fully saturated rings. The highest BCUT2D eigenvalue weighted by Gasteiger charge is 2.29. The summed E-state index contributed by atoms with van der Waals surface area (Å²) >= 11 is 1.80. The lowest BCUT2D eigenvalue weighted by Crippen LogP contribution is -2.35. The van der Waals surface area contributed by atoms with Crippen molar-refractivity contribution in [2.24, 2.45) is 5.92 Å². The molecule has 4 nitrogen and oxygen atoms in total. The molecule has 146 valence electrons. The maximum absolute atomic E-state index is 5.42. The summed E-state index contributed by atoms with van der Waals surface area (Å²) in [5, 5.41) is 3.40. The molecule has 0 aliphatic carbocycles. The summed E-state index contributed by atoms with van der Waals surface area (Å²) in [5.74, 6) is 1.94. The Hall–Kier alpha value is -2.24. The third-order valence-electron chi connectivity index (χ3n) is 5.71. The third kappa shape index (κ3) is 4.59. The number of methoxy groups -OCH3 is 1. The van der Waals surface area contributed by atoms with Gasteiger partial charge in [0.15, 0.2) is 0 Å². The van der Waals surface area contributed by atoms with Crippen LogP contribution in [-0.2, 0) is 13.0 Å². The third-order valence-corrected chi connectivity index (χ3v) is 6.61. The van der Waals surface area contributed by atoms with Crippen LogP contribution in [-0.4, -0.2) is 35.1 Å². The van der Waals surface area contributed by atoms with E-state index in [1.807, 2.05) is 12.3 Å². The molecule has 0 N–H and O–H groups in total. The molecular formula is C23H27N3OS. The number of aromatic nitrogens is 2. The average Bonchev–Trinajstić information content (AvgIpc) is 3.28. The fourth-order valence-electron chi connectivity index (χ4n) is 4.22. The fraction of sp³-hybridized carbons (Fsp3) is 0.391. The lowest BCUT2D eigenvalue weighted by Gasteiger charge is -2.35. The number of hydrogen-bond donors (Lipinski definition) is 0. The van der Waals surface area contributed by atoms with Gasteiger partial charge in [-0.25, -0.2) is 9.97 Å². The quantitative estimate of drug-likeness (QED) is 0.579. The maximum atomic E-state index is 5.42. The van der Waals surface area contributed by atoms with Crippen molar-refractivity contribution in [1.29, 1.82) is 0 Å². The van der Waals surface area contributed by atoms with Gasteiger partial charge in [0, 0.05) is 35.8 Å². The Morgan fingerprint density at radius 2 is 1.89 bits per heavy atom. The van der Waals surface area contributed by atoms with Gasteiger partial charge in [-0.05, 0) is 49.9 Å². The van der Waals surface area contributed by atoms with Crippen LogP contribution in [0.15, 0.2) is 60.2 Å². The smallest absolute Gasteiger partial charge is 0.217 e. The summed E-state index contributed by atoms with van der Waals surface area (Å²) in [6.07, 6.45) is 7.23. The van der Waals surface area contributed by atoms with Crippen LogP contribution in [0.25, 0.3) is 0 Å². The second-order valence-electron chi connectivity index (χ2n) is 7.45. The normalized spacial score (nSPS) is 16.8. The molecule has 2 aromatic heterocycles. The monoisotopic (exact) mass is 393 g/mol. The molecule has 1 saturated heterocycles. The number of ether oxygens (including phenoxy) is 1. The fourth-order valence-corrected chi connectivity index (χ4v) is 5.06. The summed E-state index contributed by atoms with van der Waals surface area (Å²) < 4.78 is 5.42. The van der Waals surface area contributed by atoms with E-state index >= 15 is 0 Å². The molecule has 0 spiro atoms. The molecule has 28 heavy (non-hydrogen) atoms. The second-order valence-corrected chi connectivity index (χ2v) is 8.38. The van der Waals surface area contributed by atoms with Gasteiger partial charge in [0.05, 0.1) is 12.1 Å². The zero-order valence-electron chi connectivity index (χ0n) is 16.3. The van der Waals surface area contributed by atoms with E-state index < -0.39 is 0 Å². The van der Waals surface area contributed by atoms with Crippen molar-refractivity contribution in [3.8, 4) is 5.88 Å². The van der Waals surface area contributed by atoms with Gasteiger partial charge in [0.25, 0.3) is 0 Å². The minimum atomic E-state index is 0.512. The van der Waals surface area contributed by atoms with E-state index in [1.54, 1.807) is 24.6 Å². The van der Waals surface area contributed by atoms with Gasteiger partial charge in [-0.3, -0.25) is 4.90 Å². The summed E-state index contributed by atoms with van der Waals surface area (Å²) in [6.45, 7) is 3.13. The van der Waals surface area contributed by atoms with Gasteiger partial charge in [-0.2, -0.15) is 0 Å². The van der Waals surface area contributed by atoms with E-state index in [1.165, 1.54) is 29.0 Å². The summed E-state index contributed by atoms with van der Waals surface area (Å²) in [4.78, 5) is 11.5. The molecule has 5 heteroatoms. The van der Waals surface area contributed by atoms with Gasteiger partial charge in [0.1, 0.15) is 0 Å². The molecule has 3 aromatic rings. The van der Waals surface area contributed by atoms with Crippen LogP contribution in [0.2, 0.25) is 0 Å². The minimum Gasteiger partial charge on any atom is -0.481 e. The van der Waals surface area contributed by atoms with E-state index in [9.17, 15) is 0 Å². The van der Waals surface area contributed by atoms with Crippen LogP contribution in [0, 0.1) is 5.92 Å². The molecule has 0 saturated carbocycles. The molecule has 1 atom stereocenters. The zero-order chi connectivity index (χ0) is 19.2. The SMILES string of the molecule is COc1ncccc1CN1CCC(C(Cc2ccccc2)c2nccs2)CC1. The van der Waals surface area contributed by atoms with Crippen LogP contribution < -0.4 is 4.74 Å². The number of piperidine rings is 1. The first kappa shape index (κ1) is 19.1. The first-order valence-electron chi connectivity index (χ1n) is 9.97. The standard InChI is InChI=1S/C23H27N3OS/c1-27-22-20(8-5-11-24-22)17-26-13-9-19(10-14-26)21(23-25-12-15-28-23)16-18-6-3-2-4-7-18/h2-8,11-12,15,19,21H,9-10,13-14,16-17H2,1H3. The van der Waals surface area contributed by atoms with Crippen LogP contribution in [0.3, 0.4) is 0 Å². The topological polar surface area (TPSA) is 38.2 Å². The van der Waals surface area contributed by atoms with Crippen molar-refractivity contribution in [1.82, 2.24) is 14.9 Å². The lowest BCUT2D eigenvalue weighted by molar-refractivity contribution is 0.159. The van der Waals surface area contributed by atoms with E-state index in [0.29, 0.717) is 11.8 Å². The van der Waals surface area contributed by atoms with Crippen molar-refractivity contribution in [3.05, 3.63) is 76.4 Å². The molecule has 3 heterocycles. The Morgan fingerprint density at radius 1 is 1.07 bits per heavy atom. The number of likely N-dealkylation sites (tertiary alicyclic amines) is 1. The molecule has 0 bridgehead atoms. The van der Waals surface area contributed by atoms with Crippen LogP contribution in [0.4, 0.5) is 0 Å². The predicted molar refractivity (Wildman–Crippen MR) is 114 cm³/mol. The van der Waals surface area contributed by atoms with E-state index in [4.69, 9.17) is 4.74 Å². The Bertz CT molecular complexity index is 845. The summed E-state index contributed by atoms with van der Waals surface area (Å²) in [7, 11) is 1.69. The Kier molecular flexibility index (Phi) is 6.34. The second kappa shape index (κ2) is 9.30. The van der Waals surface area contributed by atoms with Crippen molar-refractivity contribution in [2.75, 3.05) is 20.2 Å². The van der Waals surface area contributed by atoms with Gasteiger partial charge >= 0.3 is 0 Å². The molecule has 0 radical (unpaired) electrons. The number of hydrogen-bond acceptors (Lipinski definition) is 5. The van der Waals surface area contributed by atoms with Crippen molar-refractivity contribution in [2.45, 2.75) is 31.7 Å². The van der Waals surface area contributed by atoms with Crippen LogP contribution >= 0.6 is 11.3 Å². The summed E-state index contributed by atoms with van der Waals surface area (Å²) in [6, 6.07) is 15.0. The van der Waals surface area contributed by atoms with Crippen molar-refractivity contribution < 1.29 is 4.74 Å². The molecule has 1 aliphatic rings. The highest BCUT2D eigenvalue weighted by molar-refractivity contribution is 7.09.